The zero-order valence-corrected chi connectivity index (χ0v) is 15.3. The number of carbonyl (C=O) groups is 1. The number of thiazole rings is 1. The number of rotatable bonds is 6. The molecule has 1 saturated heterocycles. The highest BCUT2D eigenvalue weighted by Crippen LogP contribution is 2.16. The van der Waals surface area contributed by atoms with Crippen LogP contribution >= 0.6 is 11.3 Å². The molecule has 0 aromatic carbocycles. The van der Waals surface area contributed by atoms with Gasteiger partial charge in [0.25, 0.3) is 0 Å². The van der Waals surface area contributed by atoms with Gasteiger partial charge in [0.15, 0.2) is 0 Å². The molecule has 1 N–H and O–H groups in total. The lowest BCUT2D eigenvalue weighted by Crippen LogP contribution is -2.53. The number of carbonyl (C=O) groups excluding carboxylic acids is 1. The summed E-state index contributed by atoms with van der Waals surface area (Å²) >= 11 is 1.56. The van der Waals surface area contributed by atoms with Gasteiger partial charge in [0, 0.05) is 58.2 Å². The summed E-state index contributed by atoms with van der Waals surface area (Å²) in [5, 5.41) is 12.5. The molecule has 1 fully saturated rings. The van der Waals surface area contributed by atoms with Crippen molar-refractivity contribution < 1.29 is 9.90 Å². The van der Waals surface area contributed by atoms with Gasteiger partial charge in [-0.2, -0.15) is 0 Å². The maximum absolute atomic E-state index is 11.7. The van der Waals surface area contributed by atoms with E-state index in [0.717, 1.165) is 43.4 Å². The maximum atomic E-state index is 11.7. The van der Waals surface area contributed by atoms with Crippen molar-refractivity contribution in [2.45, 2.75) is 39.0 Å². The van der Waals surface area contributed by atoms with E-state index in [0.29, 0.717) is 12.5 Å². The summed E-state index contributed by atoms with van der Waals surface area (Å²) in [7, 11) is 3.54. The molecule has 0 aliphatic carbocycles. The fraction of sp³-hybridized carbons (Fsp3) is 0.750. The number of hydrogen-bond donors (Lipinski definition) is 1. The van der Waals surface area contributed by atoms with E-state index in [-0.39, 0.29) is 12.0 Å². The van der Waals surface area contributed by atoms with Crippen LogP contribution in [0.1, 0.15) is 24.5 Å². The fourth-order valence-electron chi connectivity index (χ4n) is 2.84. The maximum Gasteiger partial charge on any atom is 0.228 e. The minimum atomic E-state index is -0.278. The molecular weight excluding hydrogens is 312 g/mol. The number of β-amino-alcohol motifs (C(OH)–C–C–N with tert-alkyl or cyclic N) is 1. The Morgan fingerprint density at radius 1 is 1.52 bits per heavy atom. The molecule has 1 aliphatic heterocycles. The van der Waals surface area contributed by atoms with Gasteiger partial charge in [-0.3, -0.25) is 14.6 Å². The van der Waals surface area contributed by atoms with E-state index in [1.54, 1.807) is 30.3 Å². The van der Waals surface area contributed by atoms with E-state index in [1.807, 2.05) is 6.92 Å². The highest BCUT2D eigenvalue weighted by atomic mass is 32.1. The van der Waals surface area contributed by atoms with E-state index >= 15 is 0 Å². The zero-order chi connectivity index (χ0) is 17.0. The summed E-state index contributed by atoms with van der Waals surface area (Å²) in [5.41, 5.74) is 1.05. The number of piperazine rings is 1. The van der Waals surface area contributed by atoms with Crippen LogP contribution in [0.25, 0.3) is 0 Å². The summed E-state index contributed by atoms with van der Waals surface area (Å²) in [6.45, 7) is 8.56. The summed E-state index contributed by atoms with van der Waals surface area (Å²) in [5.74, 6) is 0.0891. The van der Waals surface area contributed by atoms with Gasteiger partial charge < -0.3 is 10.0 Å². The van der Waals surface area contributed by atoms with Gasteiger partial charge in [-0.25, -0.2) is 4.98 Å². The van der Waals surface area contributed by atoms with Crippen molar-refractivity contribution in [2.24, 2.45) is 0 Å². The third kappa shape index (κ3) is 5.53. The molecule has 2 heterocycles. The lowest BCUT2D eigenvalue weighted by atomic mass is 10.1. The molecule has 2 atom stereocenters. The normalized spacial score (nSPS) is 21.3. The average molecular weight is 340 g/mol. The third-order valence-corrected chi connectivity index (χ3v) is 5.03. The quantitative estimate of drug-likeness (QED) is 0.824. The fourth-order valence-corrected chi connectivity index (χ4v) is 3.62. The molecule has 6 nitrogen and oxygen atoms in total. The van der Waals surface area contributed by atoms with Crippen LogP contribution in [0.15, 0.2) is 5.38 Å². The van der Waals surface area contributed by atoms with Crippen LogP contribution in [0.2, 0.25) is 0 Å². The van der Waals surface area contributed by atoms with Gasteiger partial charge in [0.05, 0.1) is 18.2 Å². The van der Waals surface area contributed by atoms with Gasteiger partial charge >= 0.3 is 0 Å². The van der Waals surface area contributed by atoms with Gasteiger partial charge in [0.1, 0.15) is 5.01 Å². The van der Waals surface area contributed by atoms with E-state index in [9.17, 15) is 9.90 Å². The molecule has 7 heteroatoms. The summed E-state index contributed by atoms with van der Waals surface area (Å²) in [6, 6.07) is 0.437. The predicted octanol–water partition coefficient (Wildman–Crippen LogP) is 0.661. The Morgan fingerprint density at radius 2 is 2.26 bits per heavy atom. The Hall–Kier alpha value is -1.02. The van der Waals surface area contributed by atoms with Crippen LogP contribution in [0.4, 0.5) is 0 Å². The standard InChI is InChI=1S/C16H28N4O2S/c1-12-8-19(5-6-20(12)9-13(2)21)10-14-11-23-15(17-14)7-16(22)18(3)4/h11-13,21H,5-10H2,1-4H3/t12-,13-/m0/s1. The number of hydrogen-bond acceptors (Lipinski definition) is 6. The van der Waals surface area contributed by atoms with Crippen LogP contribution in [0.3, 0.4) is 0 Å². The number of aliphatic hydroxyl groups excluding tert-OH is 1. The summed E-state index contributed by atoms with van der Waals surface area (Å²) in [4.78, 5) is 22.7. The summed E-state index contributed by atoms with van der Waals surface area (Å²) in [6.07, 6.45) is 0.107. The van der Waals surface area contributed by atoms with Crippen molar-refractivity contribution in [3.05, 3.63) is 16.1 Å². The first-order chi connectivity index (χ1) is 10.8. The Labute approximate surface area is 142 Å². The van der Waals surface area contributed by atoms with Crippen molar-refractivity contribution >= 4 is 17.2 Å². The van der Waals surface area contributed by atoms with Gasteiger partial charge in [-0.15, -0.1) is 11.3 Å². The van der Waals surface area contributed by atoms with Crippen LogP contribution in [0, 0.1) is 0 Å². The first kappa shape index (κ1) is 18.3. The van der Waals surface area contributed by atoms with Gasteiger partial charge in [-0.05, 0) is 13.8 Å². The van der Waals surface area contributed by atoms with E-state index in [2.05, 4.69) is 27.1 Å². The topological polar surface area (TPSA) is 59.9 Å². The van der Waals surface area contributed by atoms with E-state index in [4.69, 9.17) is 0 Å². The lowest BCUT2D eigenvalue weighted by molar-refractivity contribution is -0.127. The third-order valence-electron chi connectivity index (χ3n) is 4.13. The van der Waals surface area contributed by atoms with Gasteiger partial charge in [-0.1, -0.05) is 0 Å². The molecule has 1 amide bonds. The van der Waals surface area contributed by atoms with Crippen LogP contribution in [-0.2, 0) is 17.8 Å². The first-order valence-corrected chi connectivity index (χ1v) is 9.01. The van der Waals surface area contributed by atoms with Crippen LogP contribution in [-0.4, -0.2) is 83.1 Å². The van der Waals surface area contributed by atoms with Crippen molar-refractivity contribution in [1.82, 2.24) is 19.7 Å². The molecule has 0 saturated carbocycles. The number of likely N-dealkylation sites (N-methyl/N-ethyl adjacent to an activating group) is 1. The lowest BCUT2D eigenvalue weighted by Gasteiger charge is -2.40. The second-order valence-corrected chi connectivity index (χ2v) is 7.57. The summed E-state index contributed by atoms with van der Waals surface area (Å²) < 4.78 is 0. The van der Waals surface area contributed by atoms with Crippen molar-refractivity contribution in [3.63, 3.8) is 0 Å². The van der Waals surface area contributed by atoms with Crippen molar-refractivity contribution in [2.75, 3.05) is 40.3 Å². The minimum Gasteiger partial charge on any atom is -0.392 e. The van der Waals surface area contributed by atoms with Crippen molar-refractivity contribution in [1.29, 1.82) is 0 Å². The average Bonchev–Trinajstić information content (AvgIpc) is 2.88. The Balaban J connectivity index is 1.84. The number of amides is 1. The first-order valence-electron chi connectivity index (χ1n) is 8.13. The molecule has 2 rings (SSSR count). The Kier molecular flexibility index (Phi) is 6.52. The molecule has 1 aromatic heterocycles. The molecule has 130 valence electrons. The van der Waals surface area contributed by atoms with E-state index in [1.165, 1.54) is 0 Å². The van der Waals surface area contributed by atoms with E-state index < -0.39 is 0 Å². The Bertz CT molecular complexity index is 518. The highest BCUT2D eigenvalue weighted by molar-refractivity contribution is 7.09. The second-order valence-electron chi connectivity index (χ2n) is 6.63. The molecule has 1 aliphatic rings. The predicted molar refractivity (Wildman–Crippen MR) is 92.5 cm³/mol. The SMILES string of the molecule is C[C@H](O)CN1CCN(Cc2csc(CC(=O)N(C)C)n2)C[C@@H]1C. The molecule has 0 unspecified atom stereocenters. The molecule has 23 heavy (non-hydrogen) atoms. The Morgan fingerprint density at radius 3 is 2.87 bits per heavy atom. The smallest absolute Gasteiger partial charge is 0.228 e. The largest absolute Gasteiger partial charge is 0.392 e. The van der Waals surface area contributed by atoms with Crippen LogP contribution < -0.4 is 0 Å². The molecular formula is C16H28N4O2S. The minimum absolute atomic E-state index is 0.0891. The number of aliphatic hydroxyl groups is 1. The number of aromatic nitrogens is 1. The van der Waals surface area contributed by atoms with Crippen LogP contribution in [0.5, 0.6) is 0 Å². The molecule has 0 bridgehead atoms. The molecule has 1 aromatic rings. The second kappa shape index (κ2) is 8.19. The number of nitrogens with zero attached hydrogens (tertiary/aromatic N) is 4. The zero-order valence-electron chi connectivity index (χ0n) is 14.5. The van der Waals surface area contributed by atoms with Gasteiger partial charge in [0.2, 0.25) is 5.91 Å². The molecule has 0 spiro atoms. The van der Waals surface area contributed by atoms with Crippen molar-refractivity contribution in [3.8, 4) is 0 Å². The molecule has 0 radical (unpaired) electrons. The monoisotopic (exact) mass is 340 g/mol. The highest BCUT2D eigenvalue weighted by Gasteiger charge is 2.24.